The van der Waals surface area contributed by atoms with Crippen molar-refractivity contribution in [3.05, 3.63) is 36.1 Å². The Bertz CT molecular complexity index is 836. The lowest BCUT2D eigenvalue weighted by atomic mass is 9.86. The standard InChI is InChI=1S/C16H19ClN6O/c17-16-20-15(13-2-1-7-23(13)21-16)19-14-8-22(10-18-14)12-5-3-11(9-24)4-6-12/h1-2,7-8,10-12,24H,3-6,9H2,(H,19,20,21)/t11-,12-. The molecule has 1 aliphatic rings. The lowest BCUT2D eigenvalue weighted by Crippen LogP contribution is -2.19. The van der Waals surface area contributed by atoms with Crippen LogP contribution in [0.5, 0.6) is 0 Å². The van der Waals surface area contributed by atoms with Crippen molar-refractivity contribution >= 4 is 28.8 Å². The fourth-order valence-electron chi connectivity index (χ4n) is 3.35. The molecule has 3 aromatic rings. The number of nitrogens with one attached hydrogen (secondary N) is 1. The van der Waals surface area contributed by atoms with Gasteiger partial charge in [0.2, 0.25) is 5.28 Å². The van der Waals surface area contributed by atoms with Crippen molar-refractivity contribution in [3.63, 3.8) is 0 Å². The molecule has 126 valence electrons. The molecule has 0 saturated heterocycles. The first kappa shape index (κ1) is 15.4. The molecule has 1 fully saturated rings. The van der Waals surface area contributed by atoms with Gasteiger partial charge in [-0.05, 0) is 55.3 Å². The minimum Gasteiger partial charge on any atom is -0.396 e. The molecular formula is C16H19ClN6O. The Kier molecular flexibility index (Phi) is 4.12. The highest BCUT2D eigenvalue weighted by molar-refractivity contribution is 6.28. The highest BCUT2D eigenvalue weighted by Crippen LogP contribution is 2.32. The van der Waals surface area contributed by atoms with Gasteiger partial charge in [0.05, 0.1) is 6.33 Å². The van der Waals surface area contributed by atoms with Crippen LogP contribution in [0.15, 0.2) is 30.9 Å². The summed E-state index contributed by atoms with van der Waals surface area (Å²) in [7, 11) is 0. The molecule has 0 unspecified atom stereocenters. The summed E-state index contributed by atoms with van der Waals surface area (Å²) < 4.78 is 3.83. The van der Waals surface area contributed by atoms with E-state index in [9.17, 15) is 5.11 Å². The molecular weight excluding hydrogens is 328 g/mol. The topological polar surface area (TPSA) is 80.3 Å². The van der Waals surface area contributed by atoms with Gasteiger partial charge in [0, 0.05) is 25.0 Å². The van der Waals surface area contributed by atoms with Crippen molar-refractivity contribution in [2.75, 3.05) is 11.9 Å². The van der Waals surface area contributed by atoms with E-state index in [2.05, 4.69) is 25.0 Å². The summed E-state index contributed by atoms with van der Waals surface area (Å²) in [4.78, 5) is 8.69. The molecule has 0 radical (unpaired) electrons. The Hall–Kier alpha value is -2.12. The molecule has 0 aromatic carbocycles. The first-order chi connectivity index (χ1) is 11.7. The van der Waals surface area contributed by atoms with Crippen molar-refractivity contribution in [1.29, 1.82) is 0 Å². The predicted octanol–water partition coefficient (Wildman–Crippen LogP) is 3.05. The van der Waals surface area contributed by atoms with E-state index in [-0.39, 0.29) is 5.28 Å². The maximum Gasteiger partial charge on any atom is 0.243 e. The largest absolute Gasteiger partial charge is 0.396 e. The molecule has 2 N–H and O–H groups in total. The van der Waals surface area contributed by atoms with E-state index in [4.69, 9.17) is 11.6 Å². The zero-order valence-electron chi connectivity index (χ0n) is 13.1. The van der Waals surface area contributed by atoms with E-state index in [1.54, 1.807) is 4.52 Å². The molecule has 4 rings (SSSR count). The third-order valence-electron chi connectivity index (χ3n) is 4.71. The highest BCUT2D eigenvalue weighted by Gasteiger charge is 2.22. The lowest BCUT2D eigenvalue weighted by molar-refractivity contribution is 0.169. The normalized spacial score (nSPS) is 21.2. The number of hydrogen-bond acceptors (Lipinski definition) is 5. The van der Waals surface area contributed by atoms with Crippen molar-refractivity contribution in [3.8, 4) is 0 Å². The molecule has 0 spiro atoms. The van der Waals surface area contributed by atoms with Gasteiger partial charge in [-0.1, -0.05) is 0 Å². The van der Waals surface area contributed by atoms with Crippen LogP contribution in [-0.2, 0) is 0 Å². The minimum atomic E-state index is 0.183. The third kappa shape index (κ3) is 2.97. The smallest absolute Gasteiger partial charge is 0.243 e. The molecule has 24 heavy (non-hydrogen) atoms. The third-order valence-corrected chi connectivity index (χ3v) is 4.87. The number of imidazole rings is 1. The summed E-state index contributed by atoms with van der Waals surface area (Å²) in [5.74, 6) is 1.82. The van der Waals surface area contributed by atoms with Gasteiger partial charge in [0.25, 0.3) is 0 Å². The molecule has 3 heterocycles. The zero-order chi connectivity index (χ0) is 16.5. The maximum absolute atomic E-state index is 9.25. The molecule has 0 aliphatic heterocycles. The van der Waals surface area contributed by atoms with Crippen molar-refractivity contribution < 1.29 is 5.11 Å². The summed E-state index contributed by atoms with van der Waals surface area (Å²) in [6.45, 7) is 0.297. The number of aromatic nitrogens is 5. The van der Waals surface area contributed by atoms with Gasteiger partial charge in [-0.15, -0.1) is 5.10 Å². The van der Waals surface area contributed by atoms with Gasteiger partial charge in [0.15, 0.2) is 5.82 Å². The Morgan fingerprint density at radius 3 is 2.92 bits per heavy atom. The van der Waals surface area contributed by atoms with Gasteiger partial charge in [-0.3, -0.25) is 0 Å². The summed E-state index contributed by atoms with van der Waals surface area (Å²) in [6, 6.07) is 4.26. The minimum absolute atomic E-state index is 0.183. The zero-order valence-corrected chi connectivity index (χ0v) is 13.9. The second-order valence-electron chi connectivity index (χ2n) is 6.26. The average Bonchev–Trinajstić information content (AvgIpc) is 3.24. The van der Waals surface area contributed by atoms with Crippen LogP contribution in [0.3, 0.4) is 0 Å². The molecule has 7 nitrogen and oxygen atoms in total. The Labute approximate surface area is 144 Å². The van der Waals surface area contributed by atoms with Crippen molar-refractivity contribution in [1.82, 2.24) is 24.1 Å². The monoisotopic (exact) mass is 346 g/mol. The van der Waals surface area contributed by atoms with Crippen LogP contribution in [-0.4, -0.2) is 35.9 Å². The lowest BCUT2D eigenvalue weighted by Gasteiger charge is -2.27. The van der Waals surface area contributed by atoms with Crippen molar-refractivity contribution in [2.24, 2.45) is 5.92 Å². The second-order valence-corrected chi connectivity index (χ2v) is 6.59. The molecule has 1 saturated carbocycles. The number of fused-ring (bicyclic) bond motifs is 1. The first-order valence-corrected chi connectivity index (χ1v) is 8.53. The number of nitrogens with zero attached hydrogens (tertiary/aromatic N) is 5. The number of aliphatic hydroxyl groups is 1. The molecule has 8 heteroatoms. The van der Waals surface area contributed by atoms with Crippen LogP contribution < -0.4 is 5.32 Å². The van der Waals surface area contributed by atoms with Crippen LogP contribution in [0, 0.1) is 5.92 Å². The fourth-order valence-corrected chi connectivity index (χ4v) is 3.51. The van der Waals surface area contributed by atoms with Crippen LogP contribution in [0.25, 0.3) is 5.52 Å². The van der Waals surface area contributed by atoms with Gasteiger partial charge in [0.1, 0.15) is 11.3 Å². The number of hydrogen-bond donors (Lipinski definition) is 2. The van der Waals surface area contributed by atoms with E-state index in [1.165, 1.54) is 0 Å². The Morgan fingerprint density at radius 1 is 1.29 bits per heavy atom. The number of anilines is 2. The average molecular weight is 347 g/mol. The molecule has 0 bridgehead atoms. The summed E-state index contributed by atoms with van der Waals surface area (Å²) in [5.41, 5.74) is 0.845. The van der Waals surface area contributed by atoms with Gasteiger partial charge >= 0.3 is 0 Å². The van der Waals surface area contributed by atoms with Crippen LogP contribution in [0.2, 0.25) is 5.28 Å². The molecule has 3 aromatic heterocycles. The van der Waals surface area contributed by atoms with E-state index in [0.29, 0.717) is 24.4 Å². The van der Waals surface area contributed by atoms with Crippen LogP contribution >= 0.6 is 11.6 Å². The van der Waals surface area contributed by atoms with E-state index >= 15 is 0 Å². The number of aliphatic hydroxyl groups excluding tert-OH is 1. The van der Waals surface area contributed by atoms with E-state index < -0.39 is 0 Å². The Balaban J connectivity index is 1.52. The van der Waals surface area contributed by atoms with Gasteiger partial charge in [-0.2, -0.15) is 4.98 Å². The number of halogens is 1. The van der Waals surface area contributed by atoms with Crippen LogP contribution in [0.1, 0.15) is 31.7 Å². The summed E-state index contributed by atoms with van der Waals surface area (Å²) >= 11 is 5.97. The summed E-state index contributed by atoms with van der Waals surface area (Å²) in [5, 5.41) is 16.8. The second kappa shape index (κ2) is 6.41. The van der Waals surface area contributed by atoms with Gasteiger partial charge in [-0.25, -0.2) is 9.50 Å². The summed E-state index contributed by atoms with van der Waals surface area (Å²) in [6.07, 6.45) is 9.95. The van der Waals surface area contributed by atoms with Crippen LogP contribution in [0.4, 0.5) is 11.6 Å². The molecule has 0 atom stereocenters. The first-order valence-electron chi connectivity index (χ1n) is 8.15. The fraction of sp³-hybridized carbons (Fsp3) is 0.438. The van der Waals surface area contributed by atoms with E-state index in [1.807, 2.05) is 30.9 Å². The van der Waals surface area contributed by atoms with Crippen molar-refractivity contribution in [2.45, 2.75) is 31.7 Å². The van der Waals surface area contributed by atoms with Gasteiger partial charge < -0.3 is 15.0 Å². The molecule has 0 amide bonds. The van der Waals surface area contributed by atoms with E-state index in [0.717, 1.165) is 37.0 Å². The SMILES string of the molecule is OC[C@H]1CC[C@H](n2cnc(Nc3nc(Cl)nn4cccc34)c2)CC1. The molecule has 1 aliphatic carbocycles. The maximum atomic E-state index is 9.25. The number of rotatable bonds is 4. The quantitative estimate of drug-likeness (QED) is 0.759. The highest BCUT2D eigenvalue weighted by atomic mass is 35.5. The Morgan fingerprint density at radius 2 is 2.12 bits per heavy atom. The predicted molar refractivity (Wildman–Crippen MR) is 91.6 cm³/mol.